The van der Waals surface area contributed by atoms with Gasteiger partial charge in [-0.3, -0.25) is 10.1 Å². The summed E-state index contributed by atoms with van der Waals surface area (Å²) in [5.41, 5.74) is -1.07. The number of hydrogen-bond acceptors (Lipinski definition) is 5. The molecule has 96 valence electrons. The van der Waals surface area contributed by atoms with Gasteiger partial charge in [0.1, 0.15) is 5.54 Å². The van der Waals surface area contributed by atoms with E-state index in [2.05, 4.69) is 5.32 Å². The zero-order valence-corrected chi connectivity index (χ0v) is 10.1. The highest BCUT2D eigenvalue weighted by atomic mass is 16.5. The smallest absolute Gasteiger partial charge is 0.326 e. The second kappa shape index (κ2) is 8.46. The summed E-state index contributed by atoms with van der Waals surface area (Å²) in [6, 6.07) is 0. The van der Waals surface area contributed by atoms with E-state index in [0.29, 0.717) is 26.4 Å². The van der Waals surface area contributed by atoms with Gasteiger partial charge in [0.15, 0.2) is 0 Å². The molecule has 0 spiro atoms. The van der Waals surface area contributed by atoms with Gasteiger partial charge in [0.25, 0.3) is 0 Å². The summed E-state index contributed by atoms with van der Waals surface area (Å²) < 4.78 is 14.9. The van der Waals surface area contributed by atoms with Gasteiger partial charge in [-0.1, -0.05) is 0 Å². The van der Waals surface area contributed by atoms with Gasteiger partial charge < -0.3 is 19.3 Å². The molecule has 0 aliphatic heterocycles. The molecule has 0 amide bonds. The lowest BCUT2D eigenvalue weighted by atomic mass is 10.0. The van der Waals surface area contributed by atoms with Crippen molar-refractivity contribution in [3.63, 3.8) is 0 Å². The molecular formula is C10H21NO5. The van der Waals surface area contributed by atoms with Gasteiger partial charge in [-0.25, -0.2) is 0 Å². The monoisotopic (exact) mass is 235 g/mol. The van der Waals surface area contributed by atoms with E-state index in [-0.39, 0.29) is 6.61 Å². The first-order chi connectivity index (χ1) is 7.56. The zero-order chi connectivity index (χ0) is 12.4. The van der Waals surface area contributed by atoms with Crippen LogP contribution >= 0.6 is 0 Å². The van der Waals surface area contributed by atoms with Crippen LogP contribution in [0.4, 0.5) is 0 Å². The Labute approximate surface area is 95.9 Å². The first kappa shape index (κ1) is 15.3. The van der Waals surface area contributed by atoms with Crippen molar-refractivity contribution in [2.75, 3.05) is 47.2 Å². The lowest BCUT2D eigenvalue weighted by Crippen LogP contribution is -2.53. The highest BCUT2D eigenvalue weighted by Gasteiger charge is 2.32. The zero-order valence-electron chi connectivity index (χ0n) is 10.1. The summed E-state index contributed by atoms with van der Waals surface area (Å²) in [7, 11) is 3.07. The summed E-state index contributed by atoms with van der Waals surface area (Å²) in [6.45, 7) is 3.63. The van der Waals surface area contributed by atoms with Crippen LogP contribution in [0.2, 0.25) is 0 Å². The maximum Gasteiger partial charge on any atom is 0.326 e. The van der Waals surface area contributed by atoms with Crippen LogP contribution in [-0.4, -0.2) is 63.8 Å². The second-order valence-corrected chi connectivity index (χ2v) is 3.60. The predicted octanol–water partition coefficient (Wildman–Crippen LogP) is -0.271. The summed E-state index contributed by atoms with van der Waals surface area (Å²) in [5, 5.41) is 11.9. The first-order valence-electron chi connectivity index (χ1n) is 5.11. The van der Waals surface area contributed by atoms with Crippen molar-refractivity contribution in [3.05, 3.63) is 0 Å². The Bertz CT molecular complexity index is 200. The Morgan fingerprint density at radius 1 is 1.25 bits per heavy atom. The van der Waals surface area contributed by atoms with E-state index in [0.717, 1.165) is 0 Å². The van der Waals surface area contributed by atoms with Crippen LogP contribution in [-0.2, 0) is 19.0 Å². The molecule has 0 aliphatic rings. The number of hydrogen-bond donors (Lipinski definition) is 2. The van der Waals surface area contributed by atoms with Crippen LogP contribution in [0.15, 0.2) is 0 Å². The molecule has 0 heterocycles. The number of rotatable bonds is 10. The van der Waals surface area contributed by atoms with Crippen LogP contribution in [0, 0.1) is 0 Å². The van der Waals surface area contributed by atoms with Crippen molar-refractivity contribution in [3.8, 4) is 0 Å². The van der Waals surface area contributed by atoms with E-state index in [1.807, 2.05) is 0 Å². The van der Waals surface area contributed by atoms with Crippen molar-refractivity contribution in [1.82, 2.24) is 5.32 Å². The van der Waals surface area contributed by atoms with E-state index < -0.39 is 11.5 Å². The number of aliphatic carboxylic acids is 1. The van der Waals surface area contributed by atoms with E-state index >= 15 is 0 Å². The average molecular weight is 235 g/mol. The second-order valence-electron chi connectivity index (χ2n) is 3.60. The van der Waals surface area contributed by atoms with Crippen LogP contribution in [0.3, 0.4) is 0 Å². The number of carboxylic acid groups (broad SMARTS) is 1. The summed E-state index contributed by atoms with van der Waals surface area (Å²) in [4.78, 5) is 11.0. The fraction of sp³-hybridized carbons (Fsp3) is 0.900. The lowest BCUT2D eigenvalue weighted by Gasteiger charge is -2.25. The Hall–Kier alpha value is -0.690. The molecule has 2 N–H and O–H groups in total. The van der Waals surface area contributed by atoms with Gasteiger partial charge >= 0.3 is 5.97 Å². The van der Waals surface area contributed by atoms with Crippen LogP contribution in [0.1, 0.15) is 6.92 Å². The maximum atomic E-state index is 11.0. The molecule has 0 saturated carbocycles. The SMILES string of the molecule is COCCOCCNC(C)(COC)C(=O)O. The molecule has 6 nitrogen and oxygen atoms in total. The predicted molar refractivity (Wildman–Crippen MR) is 58.6 cm³/mol. The molecule has 0 aromatic carbocycles. The van der Waals surface area contributed by atoms with Crippen molar-refractivity contribution in [2.24, 2.45) is 0 Å². The molecule has 1 unspecified atom stereocenters. The minimum Gasteiger partial charge on any atom is -0.480 e. The van der Waals surface area contributed by atoms with Gasteiger partial charge in [-0.2, -0.15) is 0 Å². The van der Waals surface area contributed by atoms with Gasteiger partial charge in [-0.15, -0.1) is 0 Å². The van der Waals surface area contributed by atoms with Crippen molar-refractivity contribution >= 4 is 5.97 Å². The van der Waals surface area contributed by atoms with Crippen LogP contribution in [0.25, 0.3) is 0 Å². The van der Waals surface area contributed by atoms with Crippen molar-refractivity contribution in [2.45, 2.75) is 12.5 Å². The summed E-state index contributed by atoms with van der Waals surface area (Å²) in [6.07, 6.45) is 0. The normalized spacial score (nSPS) is 14.7. The highest BCUT2D eigenvalue weighted by molar-refractivity contribution is 5.78. The van der Waals surface area contributed by atoms with E-state index in [1.165, 1.54) is 7.11 Å². The third-order valence-corrected chi connectivity index (χ3v) is 2.10. The lowest BCUT2D eigenvalue weighted by molar-refractivity contribution is -0.146. The van der Waals surface area contributed by atoms with Crippen LogP contribution in [0.5, 0.6) is 0 Å². The molecule has 0 saturated heterocycles. The molecule has 0 bridgehead atoms. The molecule has 0 radical (unpaired) electrons. The third-order valence-electron chi connectivity index (χ3n) is 2.10. The molecule has 16 heavy (non-hydrogen) atoms. The Morgan fingerprint density at radius 2 is 1.94 bits per heavy atom. The van der Waals surface area contributed by atoms with Crippen molar-refractivity contribution < 1.29 is 24.1 Å². The minimum absolute atomic E-state index is 0.112. The van der Waals surface area contributed by atoms with Gasteiger partial charge in [0, 0.05) is 20.8 Å². The number of carbonyl (C=O) groups is 1. The molecule has 0 aromatic rings. The fourth-order valence-corrected chi connectivity index (χ4v) is 1.12. The number of ether oxygens (including phenoxy) is 3. The largest absolute Gasteiger partial charge is 0.480 e. The van der Waals surface area contributed by atoms with Gasteiger partial charge in [-0.05, 0) is 6.92 Å². The summed E-state index contributed by atoms with van der Waals surface area (Å²) >= 11 is 0. The van der Waals surface area contributed by atoms with Crippen molar-refractivity contribution in [1.29, 1.82) is 0 Å². The summed E-state index contributed by atoms with van der Waals surface area (Å²) in [5.74, 6) is -0.939. The number of methoxy groups -OCH3 is 2. The topological polar surface area (TPSA) is 77.0 Å². The molecule has 6 heteroatoms. The molecule has 0 rings (SSSR count). The molecule has 0 fully saturated rings. The minimum atomic E-state index is -1.07. The molecular weight excluding hydrogens is 214 g/mol. The van der Waals surface area contributed by atoms with E-state index in [1.54, 1.807) is 14.0 Å². The fourth-order valence-electron chi connectivity index (χ4n) is 1.12. The molecule has 0 aliphatic carbocycles. The quantitative estimate of drug-likeness (QED) is 0.508. The number of nitrogens with one attached hydrogen (secondary N) is 1. The van der Waals surface area contributed by atoms with Gasteiger partial charge in [0.05, 0.1) is 26.4 Å². The first-order valence-corrected chi connectivity index (χ1v) is 5.11. The van der Waals surface area contributed by atoms with Crippen LogP contribution < -0.4 is 5.32 Å². The average Bonchev–Trinajstić information content (AvgIpc) is 2.23. The number of carboxylic acids is 1. The Balaban J connectivity index is 3.73. The maximum absolute atomic E-state index is 11.0. The standard InChI is InChI=1S/C10H21NO5/c1-10(8-15-3,9(12)13)11-4-5-16-7-6-14-2/h11H,4-8H2,1-3H3,(H,12,13). The molecule has 0 aromatic heterocycles. The van der Waals surface area contributed by atoms with E-state index in [4.69, 9.17) is 19.3 Å². The third kappa shape index (κ3) is 6.02. The van der Waals surface area contributed by atoms with E-state index in [9.17, 15) is 4.79 Å². The van der Waals surface area contributed by atoms with Gasteiger partial charge in [0.2, 0.25) is 0 Å². The Morgan fingerprint density at radius 3 is 2.44 bits per heavy atom. The highest BCUT2D eigenvalue weighted by Crippen LogP contribution is 2.03. The molecule has 1 atom stereocenters. The Kier molecular flexibility index (Phi) is 8.10.